The van der Waals surface area contributed by atoms with Crippen LogP contribution in [0, 0.1) is 0 Å². The van der Waals surface area contributed by atoms with Gasteiger partial charge in [0.1, 0.15) is 5.75 Å². The summed E-state index contributed by atoms with van der Waals surface area (Å²) in [4.78, 5) is -0.253. The van der Waals surface area contributed by atoms with Crippen LogP contribution in [0.1, 0.15) is 18.1 Å². The molecule has 3 rings (SSSR count). The van der Waals surface area contributed by atoms with Gasteiger partial charge in [0.15, 0.2) is 0 Å². The lowest BCUT2D eigenvalue weighted by Crippen LogP contribution is -2.23. The normalized spacial score (nSPS) is 12.1. The summed E-state index contributed by atoms with van der Waals surface area (Å²) in [7, 11) is -3.99. The second-order valence-electron chi connectivity index (χ2n) is 6.07. The number of hydrogen-bond acceptors (Lipinski definition) is 4. The van der Waals surface area contributed by atoms with Gasteiger partial charge in [-0.3, -0.25) is 5.10 Å². The number of ether oxygens (including phenoxy) is 1. The number of hydrogen-bond donors (Lipinski definition) is 2. The van der Waals surface area contributed by atoms with Gasteiger partial charge in [0.05, 0.1) is 29.0 Å². The molecule has 6 nitrogen and oxygen atoms in total. The molecule has 0 amide bonds. The molecule has 0 atom stereocenters. The van der Waals surface area contributed by atoms with E-state index in [2.05, 4.69) is 14.9 Å². The second kappa shape index (κ2) is 8.26. The molecule has 1 aromatic heterocycles. The highest BCUT2D eigenvalue weighted by atomic mass is 32.2. The Hall–Kier alpha value is -2.85. The minimum absolute atomic E-state index is 0.0810. The molecule has 0 aliphatic heterocycles. The van der Waals surface area contributed by atoms with Gasteiger partial charge >= 0.3 is 6.18 Å². The second-order valence-corrected chi connectivity index (χ2v) is 7.84. The molecule has 10 heteroatoms. The molecule has 0 spiro atoms. The van der Waals surface area contributed by atoms with Crippen molar-refractivity contribution in [2.24, 2.45) is 0 Å². The van der Waals surface area contributed by atoms with Crippen LogP contribution in [0.15, 0.2) is 59.6 Å². The molecule has 0 radical (unpaired) electrons. The van der Waals surface area contributed by atoms with E-state index in [-0.39, 0.29) is 11.4 Å². The number of nitrogens with zero attached hydrogens (tertiary/aromatic N) is 1. The number of benzene rings is 2. The van der Waals surface area contributed by atoms with Gasteiger partial charge in [-0.2, -0.15) is 18.3 Å². The topological polar surface area (TPSA) is 84.1 Å². The molecule has 1 heterocycles. The molecule has 2 N–H and O–H groups in total. The summed E-state index contributed by atoms with van der Waals surface area (Å²) in [6, 6.07) is 10.5. The van der Waals surface area contributed by atoms with Crippen LogP contribution in [-0.2, 0) is 22.7 Å². The van der Waals surface area contributed by atoms with Crippen molar-refractivity contribution in [3.05, 3.63) is 65.9 Å². The summed E-state index contributed by atoms with van der Waals surface area (Å²) in [5, 5.41) is 6.78. The van der Waals surface area contributed by atoms with Crippen LogP contribution < -0.4 is 9.46 Å². The maximum atomic E-state index is 12.6. The molecule has 29 heavy (non-hydrogen) atoms. The first-order valence-electron chi connectivity index (χ1n) is 8.63. The van der Waals surface area contributed by atoms with Gasteiger partial charge in [-0.1, -0.05) is 0 Å². The van der Waals surface area contributed by atoms with Gasteiger partial charge < -0.3 is 4.74 Å². The summed E-state index contributed by atoms with van der Waals surface area (Å²) in [5.41, 5.74) is 1.09. The van der Waals surface area contributed by atoms with Crippen molar-refractivity contribution in [2.45, 2.75) is 24.5 Å². The summed E-state index contributed by atoms with van der Waals surface area (Å²) >= 11 is 0. The predicted octanol–water partition coefficient (Wildman–Crippen LogP) is 3.97. The van der Waals surface area contributed by atoms with Crippen LogP contribution in [0.2, 0.25) is 0 Å². The van der Waals surface area contributed by atoms with Crippen molar-refractivity contribution in [2.75, 3.05) is 6.61 Å². The summed E-state index contributed by atoms with van der Waals surface area (Å²) in [6.07, 6.45) is -3.04. The van der Waals surface area contributed by atoms with E-state index in [1.165, 1.54) is 6.20 Å². The van der Waals surface area contributed by atoms with Crippen LogP contribution >= 0.6 is 0 Å². The molecule has 0 bridgehead atoms. The molecule has 0 saturated heterocycles. The summed E-state index contributed by atoms with van der Waals surface area (Å²) in [6.45, 7) is 2.34. The fourth-order valence-electron chi connectivity index (χ4n) is 2.66. The minimum Gasteiger partial charge on any atom is -0.494 e. The van der Waals surface area contributed by atoms with Crippen molar-refractivity contribution >= 4 is 10.0 Å². The fraction of sp³-hybridized carbons (Fsp3) is 0.211. The zero-order chi connectivity index (χ0) is 21.1. The van der Waals surface area contributed by atoms with Gasteiger partial charge in [-0.05, 0) is 55.5 Å². The molecule has 3 aromatic rings. The Morgan fingerprint density at radius 3 is 2.31 bits per heavy atom. The molecular weight excluding hydrogens is 407 g/mol. The van der Waals surface area contributed by atoms with Crippen molar-refractivity contribution in [1.29, 1.82) is 0 Å². The quantitative estimate of drug-likeness (QED) is 0.600. The molecule has 154 valence electrons. The van der Waals surface area contributed by atoms with Crippen molar-refractivity contribution < 1.29 is 26.3 Å². The maximum absolute atomic E-state index is 12.6. The van der Waals surface area contributed by atoms with Crippen LogP contribution in [-0.4, -0.2) is 25.2 Å². The van der Waals surface area contributed by atoms with Gasteiger partial charge in [0, 0.05) is 17.7 Å². The predicted molar refractivity (Wildman–Crippen MR) is 101 cm³/mol. The van der Waals surface area contributed by atoms with E-state index in [1.807, 2.05) is 19.1 Å². The van der Waals surface area contributed by atoms with Crippen molar-refractivity contribution in [1.82, 2.24) is 14.9 Å². The zero-order valence-corrected chi connectivity index (χ0v) is 16.1. The third-order valence-corrected chi connectivity index (χ3v) is 5.53. The van der Waals surface area contributed by atoms with Crippen molar-refractivity contribution in [3.8, 4) is 17.0 Å². The molecule has 0 unspecified atom stereocenters. The largest absolute Gasteiger partial charge is 0.494 e. The Bertz CT molecular complexity index is 1060. The Morgan fingerprint density at radius 2 is 1.72 bits per heavy atom. The minimum atomic E-state index is -4.53. The average molecular weight is 425 g/mol. The number of nitrogens with one attached hydrogen (secondary N) is 2. The molecule has 0 saturated carbocycles. The lowest BCUT2D eigenvalue weighted by atomic mass is 10.1. The Labute approximate surface area is 165 Å². The number of halogens is 3. The van der Waals surface area contributed by atoms with E-state index in [4.69, 9.17) is 4.74 Å². The lowest BCUT2D eigenvalue weighted by Gasteiger charge is -2.10. The van der Waals surface area contributed by atoms with Crippen molar-refractivity contribution in [3.63, 3.8) is 0 Å². The zero-order valence-electron chi connectivity index (χ0n) is 15.3. The van der Waals surface area contributed by atoms with E-state index in [1.54, 1.807) is 12.1 Å². The fourth-order valence-corrected chi connectivity index (χ4v) is 3.67. The van der Waals surface area contributed by atoms with E-state index in [9.17, 15) is 21.6 Å². The standard InChI is InChI=1S/C19H18F3N3O3S/c1-2-28-16-7-3-13(4-8-16)18-14(11-23-25-18)12-24-29(26,27)17-9-5-15(6-10-17)19(20,21)22/h3-11,24H,2,12H2,1H3,(H,23,25). The SMILES string of the molecule is CCOc1ccc(-c2[nH]ncc2CNS(=O)(=O)c2ccc(C(F)(F)F)cc2)cc1. The number of sulfonamides is 1. The van der Waals surface area contributed by atoms with Gasteiger partial charge in [-0.25, -0.2) is 13.1 Å². The molecular formula is C19H18F3N3O3S. The summed E-state index contributed by atoms with van der Waals surface area (Å²) in [5.74, 6) is 0.709. The molecule has 0 aliphatic carbocycles. The Balaban J connectivity index is 1.74. The lowest BCUT2D eigenvalue weighted by molar-refractivity contribution is -0.137. The van der Waals surface area contributed by atoms with Gasteiger partial charge in [-0.15, -0.1) is 0 Å². The first-order valence-corrected chi connectivity index (χ1v) is 10.1. The number of aromatic amines is 1. The van der Waals surface area contributed by atoms with E-state index in [0.717, 1.165) is 29.8 Å². The van der Waals surface area contributed by atoms with E-state index in [0.29, 0.717) is 23.6 Å². The highest BCUT2D eigenvalue weighted by Gasteiger charge is 2.30. The monoisotopic (exact) mass is 425 g/mol. The van der Waals surface area contributed by atoms with Crippen LogP contribution in [0.4, 0.5) is 13.2 Å². The third-order valence-electron chi connectivity index (χ3n) is 4.12. The molecule has 0 fully saturated rings. The maximum Gasteiger partial charge on any atom is 0.416 e. The van der Waals surface area contributed by atoms with Crippen LogP contribution in [0.25, 0.3) is 11.3 Å². The number of H-pyrrole nitrogens is 1. The number of rotatable bonds is 7. The highest BCUT2D eigenvalue weighted by molar-refractivity contribution is 7.89. The average Bonchev–Trinajstić information content (AvgIpc) is 3.15. The van der Waals surface area contributed by atoms with Gasteiger partial charge in [0.2, 0.25) is 10.0 Å². The third kappa shape index (κ3) is 4.96. The Kier molecular flexibility index (Phi) is 5.94. The van der Waals surface area contributed by atoms with Gasteiger partial charge in [0.25, 0.3) is 0 Å². The van der Waals surface area contributed by atoms with Crippen LogP contribution in [0.5, 0.6) is 5.75 Å². The van der Waals surface area contributed by atoms with E-state index < -0.39 is 21.8 Å². The van der Waals surface area contributed by atoms with E-state index >= 15 is 0 Å². The molecule has 2 aromatic carbocycles. The summed E-state index contributed by atoms with van der Waals surface area (Å²) < 4.78 is 70.5. The molecule has 0 aliphatic rings. The number of alkyl halides is 3. The smallest absolute Gasteiger partial charge is 0.416 e. The van der Waals surface area contributed by atoms with Crippen LogP contribution in [0.3, 0.4) is 0 Å². The first-order chi connectivity index (χ1) is 13.7. The first kappa shape index (κ1) is 20.9. The Morgan fingerprint density at radius 1 is 1.07 bits per heavy atom. The number of aromatic nitrogens is 2. The highest BCUT2D eigenvalue weighted by Crippen LogP contribution is 2.30.